The van der Waals surface area contributed by atoms with Crippen LogP contribution < -0.4 is 15.4 Å². The maximum atomic E-state index is 12.6. The van der Waals surface area contributed by atoms with Crippen molar-refractivity contribution < 1.29 is 19.1 Å². The van der Waals surface area contributed by atoms with Crippen molar-refractivity contribution in [2.45, 2.75) is 52.4 Å². The Balaban J connectivity index is 2.44. The predicted molar refractivity (Wildman–Crippen MR) is 83.7 cm³/mol. The van der Waals surface area contributed by atoms with E-state index < -0.39 is 18.1 Å². The zero-order valence-corrected chi connectivity index (χ0v) is 13.3. The number of ether oxygens (including phenoxy) is 2. The summed E-state index contributed by atoms with van der Waals surface area (Å²) in [5.41, 5.74) is 6.82. The number of nitrogen functional groups attached to an aromatic ring is 1. The first-order valence-corrected chi connectivity index (χ1v) is 7.45. The van der Waals surface area contributed by atoms with Gasteiger partial charge in [0.2, 0.25) is 0 Å². The van der Waals surface area contributed by atoms with Gasteiger partial charge in [-0.15, -0.1) is 0 Å². The highest BCUT2D eigenvalue weighted by Gasteiger charge is 2.40. The van der Waals surface area contributed by atoms with Crippen molar-refractivity contribution in [2.75, 3.05) is 10.6 Å². The van der Waals surface area contributed by atoms with E-state index in [0.29, 0.717) is 23.5 Å². The van der Waals surface area contributed by atoms with Gasteiger partial charge in [0, 0.05) is 0 Å². The topological polar surface area (TPSA) is 81.9 Å². The molecule has 0 fully saturated rings. The molecule has 0 saturated heterocycles. The van der Waals surface area contributed by atoms with Crippen LogP contribution in [0.3, 0.4) is 0 Å². The second-order valence-electron chi connectivity index (χ2n) is 5.58. The zero-order valence-electron chi connectivity index (χ0n) is 13.3. The lowest BCUT2D eigenvalue weighted by Gasteiger charge is -2.37. The SMILES string of the molecule is CCC1Oc2cccc(N)c2N(C(C)C(=O)OC(C)C)C1=O. The van der Waals surface area contributed by atoms with Crippen LogP contribution >= 0.6 is 0 Å². The van der Waals surface area contributed by atoms with Gasteiger partial charge >= 0.3 is 5.97 Å². The standard InChI is InChI=1S/C16H22N2O4/c1-5-12-15(19)18(10(4)16(20)21-9(2)3)14-11(17)7-6-8-13(14)22-12/h6-10,12H,5,17H2,1-4H3. The van der Waals surface area contributed by atoms with Crippen LogP contribution in [0.2, 0.25) is 0 Å². The van der Waals surface area contributed by atoms with E-state index >= 15 is 0 Å². The fourth-order valence-corrected chi connectivity index (χ4v) is 2.44. The van der Waals surface area contributed by atoms with Crippen molar-refractivity contribution in [1.82, 2.24) is 0 Å². The average Bonchev–Trinajstić information content (AvgIpc) is 2.46. The minimum Gasteiger partial charge on any atom is -0.478 e. The van der Waals surface area contributed by atoms with Gasteiger partial charge in [-0.25, -0.2) is 4.79 Å². The second-order valence-corrected chi connectivity index (χ2v) is 5.58. The minimum absolute atomic E-state index is 0.249. The summed E-state index contributed by atoms with van der Waals surface area (Å²) in [5, 5.41) is 0. The van der Waals surface area contributed by atoms with E-state index in [1.54, 1.807) is 39.0 Å². The lowest BCUT2D eigenvalue weighted by Crippen LogP contribution is -2.53. The van der Waals surface area contributed by atoms with E-state index in [1.807, 2.05) is 6.92 Å². The number of hydrogen-bond acceptors (Lipinski definition) is 5. The average molecular weight is 306 g/mol. The van der Waals surface area contributed by atoms with Gasteiger partial charge in [-0.05, 0) is 39.3 Å². The van der Waals surface area contributed by atoms with E-state index in [2.05, 4.69) is 0 Å². The number of fused-ring (bicyclic) bond motifs is 1. The smallest absolute Gasteiger partial charge is 0.329 e. The Bertz CT molecular complexity index is 586. The molecule has 2 atom stereocenters. The first-order valence-electron chi connectivity index (χ1n) is 7.45. The maximum Gasteiger partial charge on any atom is 0.329 e. The summed E-state index contributed by atoms with van der Waals surface area (Å²) in [6.07, 6.45) is -0.362. The Hall–Kier alpha value is -2.24. The van der Waals surface area contributed by atoms with E-state index in [9.17, 15) is 9.59 Å². The number of carbonyl (C=O) groups excluding carboxylic acids is 2. The van der Waals surface area contributed by atoms with Gasteiger partial charge in [-0.1, -0.05) is 13.0 Å². The number of anilines is 2. The number of para-hydroxylation sites is 1. The van der Waals surface area contributed by atoms with E-state index in [-0.39, 0.29) is 12.0 Å². The molecule has 2 rings (SSSR count). The molecule has 120 valence electrons. The van der Waals surface area contributed by atoms with Crippen molar-refractivity contribution >= 4 is 23.3 Å². The molecule has 0 aromatic heterocycles. The fourth-order valence-electron chi connectivity index (χ4n) is 2.44. The van der Waals surface area contributed by atoms with Gasteiger partial charge in [-0.3, -0.25) is 9.69 Å². The maximum absolute atomic E-state index is 12.6. The monoisotopic (exact) mass is 306 g/mol. The highest BCUT2D eigenvalue weighted by atomic mass is 16.5. The molecule has 0 bridgehead atoms. The number of rotatable bonds is 4. The third-order valence-electron chi connectivity index (χ3n) is 3.50. The molecule has 1 amide bonds. The first kappa shape index (κ1) is 16.1. The molecule has 22 heavy (non-hydrogen) atoms. The number of esters is 1. The molecular formula is C16H22N2O4. The van der Waals surface area contributed by atoms with Crippen LogP contribution in [0.1, 0.15) is 34.1 Å². The van der Waals surface area contributed by atoms with E-state index in [0.717, 1.165) is 0 Å². The lowest BCUT2D eigenvalue weighted by atomic mass is 10.1. The van der Waals surface area contributed by atoms with Crippen molar-refractivity contribution in [3.05, 3.63) is 18.2 Å². The third-order valence-corrected chi connectivity index (χ3v) is 3.50. The molecule has 6 nitrogen and oxygen atoms in total. The largest absolute Gasteiger partial charge is 0.478 e. The Morgan fingerprint density at radius 3 is 2.68 bits per heavy atom. The van der Waals surface area contributed by atoms with Crippen LogP contribution in [0.15, 0.2) is 18.2 Å². The van der Waals surface area contributed by atoms with E-state index in [4.69, 9.17) is 15.2 Å². The van der Waals surface area contributed by atoms with Gasteiger partial charge < -0.3 is 15.2 Å². The quantitative estimate of drug-likeness (QED) is 0.680. The molecule has 1 aromatic carbocycles. The predicted octanol–water partition coefficient (Wildman–Crippen LogP) is 2.11. The Kier molecular flexibility index (Phi) is 4.59. The van der Waals surface area contributed by atoms with Crippen molar-refractivity contribution in [3.8, 4) is 5.75 Å². The summed E-state index contributed by atoms with van der Waals surface area (Å²) in [6.45, 7) is 7.03. The number of carbonyl (C=O) groups is 2. The Labute approximate surface area is 130 Å². The molecule has 2 unspecified atom stereocenters. The van der Waals surface area contributed by atoms with Crippen LogP contribution in [0.25, 0.3) is 0 Å². The minimum atomic E-state index is -0.767. The van der Waals surface area contributed by atoms with Crippen molar-refractivity contribution in [1.29, 1.82) is 0 Å². The molecule has 0 spiro atoms. The third kappa shape index (κ3) is 2.86. The Morgan fingerprint density at radius 1 is 1.41 bits per heavy atom. The second kappa shape index (κ2) is 6.25. The van der Waals surface area contributed by atoms with Crippen molar-refractivity contribution in [3.63, 3.8) is 0 Å². The summed E-state index contributed by atoms with van der Waals surface area (Å²) in [6, 6.07) is 4.41. The summed E-state index contributed by atoms with van der Waals surface area (Å²) < 4.78 is 10.9. The highest BCUT2D eigenvalue weighted by Crippen LogP contribution is 2.40. The van der Waals surface area contributed by atoms with Crippen LogP contribution in [-0.4, -0.2) is 30.1 Å². The molecular weight excluding hydrogens is 284 g/mol. The summed E-state index contributed by atoms with van der Waals surface area (Å²) in [5.74, 6) is -0.231. The van der Waals surface area contributed by atoms with Crippen LogP contribution in [-0.2, 0) is 14.3 Å². The summed E-state index contributed by atoms with van der Waals surface area (Å²) in [4.78, 5) is 26.3. The number of hydrogen-bond donors (Lipinski definition) is 1. The van der Waals surface area contributed by atoms with Crippen LogP contribution in [0, 0.1) is 0 Å². The summed E-state index contributed by atoms with van der Waals surface area (Å²) in [7, 11) is 0. The van der Waals surface area contributed by atoms with Gasteiger partial charge in [0.15, 0.2) is 6.10 Å². The Morgan fingerprint density at radius 2 is 2.09 bits per heavy atom. The highest BCUT2D eigenvalue weighted by molar-refractivity contribution is 6.06. The van der Waals surface area contributed by atoms with Gasteiger partial charge in [0.25, 0.3) is 5.91 Å². The molecule has 1 aliphatic heterocycles. The summed E-state index contributed by atoms with van der Waals surface area (Å²) >= 11 is 0. The van der Waals surface area contributed by atoms with Gasteiger partial charge in [0.1, 0.15) is 17.5 Å². The molecule has 2 N–H and O–H groups in total. The van der Waals surface area contributed by atoms with E-state index in [1.165, 1.54) is 4.90 Å². The molecule has 0 radical (unpaired) electrons. The normalized spacial score (nSPS) is 18.7. The van der Waals surface area contributed by atoms with Gasteiger partial charge in [-0.2, -0.15) is 0 Å². The fraction of sp³-hybridized carbons (Fsp3) is 0.500. The molecule has 1 aromatic rings. The molecule has 1 aliphatic rings. The molecule has 6 heteroatoms. The molecule has 1 heterocycles. The van der Waals surface area contributed by atoms with Crippen LogP contribution in [0.4, 0.5) is 11.4 Å². The van der Waals surface area contributed by atoms with Crippen LogP contribution in [0.5, 0.6) is 5.75 Å². The molecule has 0 saturated carbocycles. The zero-order chi connectivity index (χ0) is 16.4. The van der Waals surface area contributed by atoms with Crippen molar-refractivity contribution in [2.24, 2.45) is 0 Å². The first-order chi connectivity index (χ1) is 10.4. The molecule has 0 aliphatic carbocycles. The van der Waals surface area contributed by atoms with Gasteiger partial charge in [0.05, 0.1) is 11.8 Å². The number of benzene rings is 1. The number of nitrogens with two attached hydrogens (primary N) is 1. The number of nitrogens with zero attached hydrogens (tertiary/aromatic N) is 1. The lowest BCUT2D eigenvalue weighted by molar-refractivity contribution is -0.150. The number of amides is 1.